The van der Waals surface area contributed by atoms with Gasteiger partial charge in [-0.25, -0.2) is 4.79 Å². The molecule has 41 heavy (non-hydrogen) atoms. The Kier molecular flexibility index (Phi) is 13.6. The molecule has 0 aliphatic heterocycles. The monoisotopic (exact) mass is 630 g/mol. The highest BCUT2D eigenvalue weighted by molar-refractivity contribution is 9.10. The first-order valence-corrected chi connectivity index (χ1v) is 15.8. The summed E-state index contributed by atoms with van der Waals surface area (Å²) >= 11 is 3.51. The Morgan fingerprint density at radius 3 is 2.27 bits per heavy atom. The van der Waals surface area contributed by atoms with Gasteiger partial charge in [0.05, 0.1) is 30.4 Å². The minimum absolute atomic E-state index is 0.104. The van der Waals surface area contributed by atoms with Crippen LogP contribution in [0.4, 0.5) is 5.69 Å². The van der Waals surface area contributed by atoms with Crippen molar-refractivity contribution in [3.8, 4) is 0 Å². The highest BCUT2D eigenvalue weighted by atomic mass is 79.9. The quantitative estimate of drug-likeness (QED) is 0.130. The third kappa shape index (κ3) is 10.4. The van der Waals surface area contributed by atoms with Crippen molar-refractivity contribution in [3.63, 3.8) is 0 Å². The number of benzene rings is 2. The third-order valence-corrected chi connectivity index (χ3v) is 8.39. The van der Waals surface area contributed by atoms with Crippen LogP contribution in [0.25, 0.3) is 0 Å². The summed E-state index contributed by atoms with van der Waals surface area (Å²) in [6, 6.07) is 12.2. The molecule has 0 aromatic heterocycles. The number of esters is 2. The summed E-state index contributed by atoms with van der Waals surface area (Å²) in [6.45, 7) is 10.7. The minimum atomic E-state index is -0.420. The number of halogens is 1. The SMILES string of the molecule is CCN(Cc1cc(C(=O)OCCOCCOC(=O)C(C)c2ccc(CC(C)C)cc2)cc(Br)c1N)C1CCCCC1. The van der Waals surface area contributed by atoms with E-state index in [9.17, 15) is 9.59 Å². The van der Waals surface area contributed by atoms with Crippen LogP contribution in [0, 0.1) is 5.92 Å². The van der Waals surface area contributed by atoms with Crippen molar-refractivity contribution < 1.29 is 23.8 Å². The Labute approximate surface area is 254 Å². The lowest BCUT2D eigenvalue weighted by Gasteiger charge is -2.34. The smallest absolute Gasteiger partial charge is 0.338 e. The Balaban J connectivity index is 1.38. The van der Waals surface area contributed by atoms with Crippen molar-refractivity contribution in [3.05, 3.63) is 63.1 Å². The summed E-state index contributed by atoms with van der Waals surface area (Å²) in [6.07, 6.45) is 7.28. The molecule has 3 rings (SSSR count). The van der Waals surface area contributed by atoms with Crippen molar-refractivity contribution in [1.82, 2.24) is 4.90 Å². The van der Waals surface area contributed by atoms with E-state index in [-0.39, 0.29) is 38.3 Å². The van der Waals surface area contributed by atoms with Crippen molar-refractivity contribution in [1.29, 1.82) is 0 Å². The zero-order valence-electron chi connectivity index (χ0n) is 25.1. The lowest BCUT2D eigenvalue weighted by Crippen LogP contribution is -2.36. The zero-order chi connectivity index (χ0) is 29.8. The van der Waals surface area contributed by atoms with E-state index in [4.69, 9.17) is 19.9 Å². The maximum absolute atomic E-state index is 12.8. The van der Waals surface area contributed by atoms with E-state index in [0.717, 1.165) is 24.1 Å². The molecule has 1 aliphatic carbocycles. The number of carbonyl (C=O) groups excluding carboxylic acids is 2. The fraction of sp³-hybridized carbons (Fsp3) is 0.576. The van der Waals surface area contributed by atoms with Gasteiger partial charge in [0.1, 0.15) is 13.2 Å². The van der Waals surface area contributed by atoms with Crippen LogP contribution < -0.4 is 5.73 Å². The summed E-state index contributed by atoms with van der Waals surface area (Å²) in [7, 11) is 0. The van der Waals surface area contributed by atoms with E-state index in [1.165, 1.54) is 37.7 Å². The van der Waals surface area contributed by atoms with Gasteiger partial charge in [-0.3, -0.25) is 9.69 Å². The number of hydrogen-bond donors (Lipinski definition) is 1. The number of nitrogen functional groups attached to an aromatic ring is 1. The fourth-order valence-corrected chi connectivity index (χ4v) is 5.84. The summed E-state index contributed by atoms with van der Waals surface area (Å²) < 4.78 is 17.0. The molecule has 1 fully saturated rings. The summed E-state index contributed by atoms with van der Waals surface area (Å²) in [5.41, 5.74) is 10.6. The average Bonchev–Trinajstić information content (AvgIpc) is 2.97. The van der Waals surface area contributed by atoms with E-state index in [2.05, 4.69) is 53.7 Å². The fourth-order valence-electron chi connectivity index (χ4n) is 5.34. The van der Waals surface area contributed by atoms with Crippen LogP contribution >= 0.6 is 15.9 Å². The van der Waals surface area contributed by atoms with Crippen LogP contribution in [0.15, 0.2) is 40.9 Å². The van der Waals surface area contributed by atoms with Gasteiger partial charge in [-0.2, -0.15) is 0 Å². The predicted molar refractivity (Wildman–Crippen MR) is 167 cm³/mol. The summed E-state index contributed by atoms with van der Waals surface area (Å²) in [5.74, 6) is -0.463. The molecule has 0 bridgehead atoms. The third-order valence-electron chi connectivity index (χ3n) is 7.73. The number of carbonyl (C=O) groups is 2. The highest BCUT2D eigenvalue weighted by Crippen LogP contribution is 2.30. The number of nitrogens with zero attached hydrogens (tertiary/aromatic N) is 1. The molecule has 7 nitrogen and oxygen atoms in total. The predicted octanol–water partition coefficient (Wildman–Crippen LogP) is 6.90. The van der Waals surface area contributed by atoms with Gasteiger partial charge in [0, 0.05) is 17.1 Å². The van der Waals surface area contributed by atoms with Crippen molar-refractivity contribution in [2.45, 2.75) is 84.7 Å². The Bertz CT molecular complexity index is 1120. The molecule has 2 aromatic carbocycles. The normalized spacial score (nSPS) is 14.8. The molecule has 0 saturated heterocycles. The molecular weight excluding hydrogens is 584 g/mol. The van der Waals surface area contributed by atoms with Gasteiger partial charge in [-0.15, -0.1) is 0 Å². The van der Waals surface area contributed by atoms with Crippen molar-refractivity contribution in [2.75, 3.05) is 38.7 Å². The largest absolute Gasteiger partial charge is 0.463 e. The zero-order valence-corrected chi connectivity index (χ0v) is 26.7. The first-order chi connectivity index (χ1) is 19.7. The summed E-state index contributed by atoms with van der Waals surface area (Å²) in [4.78, 5) is 27.6. The first kappa shape index (κ1) is 33.1. The molecule has 0 spiro atoms. The van der Waals surface area contributed by atoms with Crippen LogP contribution in [0.3, 0.4) is 0 Å². The van der Waals surface area contributed by atoms with Crippen molar-refractivity contribution in [2.24, 2.45) is 5.92 Å². The molecule has 0 heterocycles. The number of anilines is 1. The topological polar surface area (TPSA) is 91.1 Å². The van der Waals surface area contributed by atoms with Crippen LogP contribution in [-0.2, 0) is 32.0 Å². The van der Waals surface area contributed by atoms with Gasteiger partial charge >= 0.3 is 11.9 Å². The van der Waals surface area contributed by atoms with Gasteiger partial charge in [-0.1, -0.05) is 64.3 Å². The molecule has 8 heteroatoms. The number of hydrogen-bond acceptors (Lipinski definition) is 7. The first-order valence-electron chi connectivity index (χ1n) is 15.0. The van der Waals surface area contributed by atoms with Crippen LogP contribution in [0.1, 0.15) is 92.8 Å². The lowest BCUT2D eigenvalue weighted by molar-refractivity contribution is -0.146. The van der Waals surface area contributed by atoms with Gasteiger partial charge < -0.3 is 19.9 Å². The second kappa shape index (κ2) is 16.9. The summed E-state index contributed by atoms with van der Waals surface area (Å²) in [5, 5.41) is 0. The maximum Gasteiger partial charge on any atom is 0.338 e. The standard InChI is InChI=1S/C33H47BrN2O5/c1-5-36(29-9-7-6-8-10-29)22-28-20-27(21-30(34)31(28)35)33(38)41-18-16-39-15-17-40-32(37)24(4)26-13-11-25(12-14-26)19-23(2)3/h11-14,20-21,23-24,29H,5-10,15-19,22,35H2,1-4H3. The second-order valence-corrected chi connectivity index (χ2v) is 12.2. The Morgan fingerprint density at radius 2 is 1.63 bits per heavy atom. The minimum Gasteiger partial charge on any atom is -0.463 e. The lowest BCUT2D eigenvalue weighted by atomic mass is 9.93. The van der Waals surface area contributed by atoms with E-state index < -0.39 is 5.97 Å². The van der Waals surface area contributed by atoms with Crippen LogP contribution in [0.2, 0.25) is 0 Å². The Hall–Kier alpha value is -2.42. The molecule has 226 valence electrons. The van der Waals surface area contributed by atoms with Gasteiger partial charge in [-0.05, 0) is 83.4 Å². The molecule has 1 atom stereocenters. The van der Waals surface area contributed by atoms with Crippen LogP contribution in [-0.4, -0.2) is 55.9 Å². The molecule has 0 amide bonds. The van der Waals surface area contributed by atoms with Gasteiger partial charge in [0.2, 0.25) is 0 Å². The maximum atomic E-state index is 12.8. The number of nitrogens with two attached hydrogens (primary N) is 1. The molecule has 1 aliphatic rings. The molecule has 1 unspecified atom stereocenters. The van der Waals surface area contributed by atoms with E-state index in [0.29, 0.717) is 34.2 Å². The number of rotatable bonds is 15. The molecule has 2 N–H and O–H groups in total. The van der Waals surface area contributed by atoms with Gasteiger partial charge in [0.15, 0.2) is 0 Å². The second-order valence-electron chi connectivity index (χ2n) is 11.4. The number of ether oxygens (including phenoxy) is 3. The Morgan fingerprint density at radius 1 is 0.976 bits per heavy atom. The molecule has 1 saturated carbocycles. The van der Waals surface area contributed by atoms with Gasteiger partial charge in [0.25, 0.3) is 0 Å². The van der Waals surface area contributed by atoms with Crippen molar-refractivity contribution >= 4 is 33.6 Å². The molecule has 0 radical (unpaired) electrons. The molecular formula is C33H47BrN2O5. The van der Waals surface area contributed by atoms with E-state index in [1.807, 2.05) is 25.1 Å². The molecule has 2 aromatic rings. The van der Waals surface area contributed by atoms with Crippen LogP contribution in [0.5, 0.6) is 0 Å². The highest BCUT2D eigenvalue weighted by Gasteiger charge is 2.22. The van der Waals surface area contributed by atoms with E-state index >= 15 is 0 Å². The van der Waals surface area contributed by atoms with E-state index in [1.54, 1.807) is 6.07 Å². The average molecular weight is 632 g/mol.